The molecule has 1 atom stereocenters. The molecule has 1 aromatic rings. The second-order valence-corrected chi connectivity index (χ2v) is 5.79. The maximum absolute atomic E-state index is 12.2. The van der Waals surface area contributed by atoms with Crippen molar-refractivity contribution in [3.05, 3.63) is 35.4 Å². The molecule has 2 N–H and O–H groups in total. The molecule has 0 spiro atoms. The van der Waals surface area contributed by atoms with Gasteiger partial charge >= 0.3 is 0 Å². The summed E-state index contributed by atoms with van der Waals surface area (Å²) in [4.78, 5) is 13.8. The Bertz CT molecular complexity index is 457. The van der Waals surface area contributed by atoms with Crippen LogP contribution in [0.3, 0.4) is 0 Å². The minimum absolute atomic E-state index is 0.0529. The van der Waals surface area contributed by atoms with Gasteiger partial charge < -0.3 is 15.1 Å². The predicted octanol–water partition coefficient (Wildman–Crippen LogP) is 1.27. The standard InChI is InChI=1S/C16H23NO3/c1-13-3-5-14(6-4-13)7-8-15(19)17-10-2-9-16(20,11-17)12-18/h3-6,18,20H,2,7-12H2,1H3. The predicted molar refractivity (Wildman–Crippen MR) is 77.3 cm³/mol. The van der Waals surface area contributed by atoms with Gasteiger partial charge in [0.15, 0.2) is 0 Å². The number of aliphatic hydroxyl groups excluding tert-OH is 1. The average molecular weight is 277 g/mol. The monoisotopic (exact) mass is 277 g/mol. The molecule has 0 aliphatic carbocycles. The number of β-amino-alcohol motifs (C(OH)–C–C–N with tert-alkyl or cyclic N) is 1. The average Bonchev–Trinajstić information content (AvgIpc) is 2.46. The summed E-state index contributed by atoms with van der Waals surface area (Å²) >= 11 is 0. The van der Waals surface area contributed by atoms with Crippen LogP contribution < -0.4 is 0 Å². The van der Waals surface area contributed by atoms with Crippen molar-refractivity contribution in [2.75, 3.05) is 19.7 Å². The number of nitrogens with zero attached hydrogens (tertiary/aromatic N) is 1. The first-order valence-electron chi connectivity index (χ1n) is 7.19. The van der Waals surface area contributed by atoms with Gasteiger partial charge in [0.2, 0.25) is 5.91 Å². The summed E-state index contributed by atoms with van der Waals surface area (Å²) in [5.74, 6) is 0.0529. The van der Waals surface area contributed by atoms with Crippen molar-refractivity contribution in [1.82, 2.24) is 4.90 Å². The van der Waals surface area contributed by atoms with E-state index < -0.39 is 5.60 Å². The Morgan fingerprint density at radius 1 is 1.35 bits per heavy atom. The Morgan fingerprint density at radius 3 is 2.70 bits per heavy atom. The Labute approximate surface area is 120 Å². The lowest BCUT2D eigenvalue weighted by molar-refractivity contribution is -0.140. The molecule has 1 aromatic carbocycles. The fourth-order valence-corrected chi connectivity index (χ4v) is 2.62. The minimum Gasteiger partial charge on any atom is -0.393 e. The Morgan fingerprint density at radius 2 is 2.05 bits per heavy atom. The van der Waals surface area contributed by atoms with Gasteiger partial charge in [-0.3, -0.25) is 4.79 Å². The molecule has 0 bridgehead atoms. The highest BCUT2D eigenvalue weighted by Gasteiger charge is 2.34. The molecule has 0 radical (unpaired) electrons. The fraction of sp³-hybridized carbons (Fsp3) is 0.562. The number of hydrogen-bond acceptors (Lipinski definition) is 3. The smallest absolute Gasteiger partial charge is 0.223 e. The summed E-state index contributed by atoms with van der Waals surface area (Å²) in [6.45, 7) is 2.68. The van der Waals surface area contributed by atoms with Gasteiger partial charge in [-0.2, -0.15) is 0 Å². The van der Waals surface area contributed by atoms with Gasteiger partial charge in [0, 0.05) is 13.0 Å². The van der Waals surface area contributed by atoms with Crippen molar-refractivity contribution < 1.29 is 15.0 Å². The third-order valence-electron chi connectivity index (χ3n) is 3.95. The van der Waals surface area contributed by atoms with Gasteiger partial charge in [0.05, 0.1) is 13.2 Å². The lowest BCUT2D eigenvalue weighted by atomic mass is 9.93. The van der Waals surface area contributed by atoms with E-state index in [1.165, 1.54) is 5.56 Å². The van der Waals surface area contributed by atoms with Gasteiger partial charge in [-0.25, -0.2) is 0 Å². The molecule has 1 fully saturated rings. The normalized spacial score (nSPS) is 22.9. The van der Waals surface area contributed by atoms with Crippen LogP contribution in [0.5, 0.6) is 0 Å². The number of piperidine rings is 1. The van der Waals surface area contributed by atoms with Crippen molar-refractivity contribution in [2.24, 2.45) is 0 Å². The first-order valence-corrected chi connectivity index (χ1v) is 7.19. The van der Waals surface area contributed by atoms with Gasteiger partial charge in [-0.15, -0.1) is 0 Å². The number of rotatable bonds is 4. The van der Waals surface area contributed by atoms with E-state index in [-0.39, 0.29) is 19.1 Å². The maximum atomic E-state index is 12.2. The number of carbonyl (C=O) groups excluding carboxylic acids is 1. The Hall–Kier alpha value is -1.39. The quantitative estimate of drug-likeness (QED) is 0.871. The molecule has 0 aromatic heterocycles. The molecule has 1 aliphatic rings. The first-order chi connectivity index (χ1) is 9.52. The van der Waals surface area contributed by atoms with Crippen molar-refractivity contribution in [3.8, 4) is 0 Å². The van der Waals surface area contributed by atoms with E-state index >= 15 is 0 Å². The number of amides is 1. The van der Waals surface area contributed by atoms with E-state index in [1.54, 1.807) is 4.90 Å². The van der Waals surface area contributed by atoms with Crippen LogP contribution in [0, 0.1) is 6.92 Å². The topological polar surface area (TPSA) is 60.8 Å². The second-order valence-electron chi connectivity index (χ2n) is 5.79. The lowest BCUT2D eigenvalue weighted by Gasteiger charge is -2.38. The fourth-order valence-electron chi connectivity index (χ4n) is 2.62. The first kappa shape index (κ1) is 15.0. The molecule has 110 valence electrons. The highest BCUT2D eigenvalue weighted by atomic mass is 16.3. The van der Waals surface area contributed by atoms with Crippen LogP contribution in [0.2, 0.25) is 0 Å². The zero-order chi connectivity index (χ0) is 14.6. The summed E-state index contributed by atoms with van der Waals surface area (Å²) in [5, 5.41) is 19.3. The van der Waals surface area contributed by atoms with Gasteiger partial charge in [0.25, 0.3) is 0 Å². The number of benzene rings is 1. The summed E-state index contributed by atoms with van der Waals surface area (Å²) in [7, 11) is 0. The molecule has 1 amide bonds. The maximum Gasteiger partial charge on any atom is 0.223 e. The van der Waals surface area contributed by atoms with E-state index in [2.05, 4.69) is 0 Å². The number of aryl methyl sites for hydroxylation is 2. The van der Waals surface area contributed by atoms with E-state index in [4.69, 9.17) is 0 Å². The third-order valence-corrected chi connectivity index (χ3v) is 3.95. The molecule has 2 rings (SSSR count). The van der Waals surface area contributed by atoms with Crippen LogP contribution in [-0.4, -0.2) is 46.3 Å². The number of hydrogen-bond donors (Lipinski definition) is 2. The van der Waals surface area contributed by atoms with E-state index in [9.17, 15) is 15.0 Å². The molecule has 4 nitrogen and oxygen atoms in total. The van der Waals surface area contributed by atoms with E-state index in [0.29, 0.717) is 25.8 Å². The molecule has 20 heavy (non-hydrogen) atoms. The molecule has 1 unspecified atom stereocenters. The zero-order valence-corrected chi connectivity index (χ0v) is 12.0. The molecule has 1 heterocycles. The van der Waals surface area contributed by atoms with Crippen molar-refractivity contribution in [1.29, 1.82) is 0 Å². The molecule has 1 saturated heterocycles. The summed E-state index contributed by atoms with van der Waals surface area (Å²) < 4.78 is 0. The number of aliphatic hydroxyl groups is 2. The highest BCUT2D eigenvalue weighted by Crippen LogP contribution is 2.21. The Balaban J connectivity index is 1.87. The van der Waals surface area contributed by atoms with Crippen LogP contribution in [-0.2, 0) is 11.2 Å². The highest BCUT2D eigenvalue weighted by molar-refractivity contribution is 5.76. The SMILES string of the molecule is Cc1ccc(CCC(=O)N2CCCC(O)(CO)C2)cc1. The molecular weight excluding hydrogens is 254 g/mol. The number of likely N-dealkylation sites (tertiary alicyclic amines) is 1. The van der Waals surface area contributed by atoms with Crippen LogP contribution in [0.1, 0.15) is 30.4 Å². The molecule has 0 saturated carbocycles. The van der Waals surface area contributed by atoms with Crippen molar-refractivity contribution >= 4 is 5.91 Å². The third kappa shape index (κ3) is 3.81. The largest absolute Gasteiger partial charge is 0.393 e. The summed E-state index contributed by atoms with van der Waals surface area (Å²) in [6.07, 6.45) is 2.47. The minimum atomic E-state index is -1.11. The zero-order valence-electron chi connectivity index (χ0n) is 12.0. The van der Waals surface area contributed by atoms with Gasteiger partial charge in [-0.05, 0) is 31.7 Å². The molecule has 1 aliphatic heterocycles. The summed E-state index contributed by atoms with van der Waals surface area (Å²) in [6, 6.07) is 8.18. The lowest BCUT2D eigenvalue weighted by Crippen LogP contribution is -2.52. The van der Waals surface area contributed by atoms with Crippen LogP contribution >= 0.6 is 0 Å². The summed E-state index contributed by atoms with van der Waals surface area (Å²) in [5.41, 5.74) is 1.25. The van der Waals surface area contributed by atoms with E-state index in [1.807, 2.05) is 31.2 Å². The van der Waals surface area contributed by atoms with Crippen LogP contribution in [0.25, 0.3) is 0 Å². The Kier molecular flexibility index (Phi) is 4.78. The van der Waals surface area contributed by atoms with Gasteiger partial charge in [-0.1, -0.05) is 29.8 Å². The van der Waals surface area contributed by atoms with Crippen molar-refractivity contribution in [3.63, 3.8) is 0 Å². The van der Waals surface area contributed by atoms with Gasteiger partial charge in [0.1, 0.15) is 5.60 Å². The van der Waals surface area contributed by atoms with Crippen LogP contribution in [0.15, 0.2) is 24.3 Å². The van der Waals surface area contributed by atoms with Crippen molar-refractivity contribution in [2.45, 2.75) is 38.2 Å². The van der Waals surface area contributed by atoms with E-state index in [0.717, 1.165) is 12.0 Å². The molecular formula is C16H23NO3. The number of carbonyl (C=O) groups is 1. The second kappa shape index (κ2) is 6.37. The van der Waals surface area contributed by atoms with Crippen LogP contribution in [0.4, 0.5) is 0 Å². The molecule has 4 heteroatoms.